The fourth-order valence-corrected chi connectivity index (χ4v) is 4.92. The highest BCUT2D eigenvalue weighted by Crippen LogP contribution is 2.34. The summed E-state index contributed by atoms with van der Waals surface area (Å²) < 4.78 is 5.92. The van der Waals surface area contributed by atoms with Gasteiger partial charge in [0.2, 0.25) is 5.91 Å². The maximum atomic E-state index is 12.3. The zero-order valence-electron chi connectivity index (χ0n) is 17.3. The third kappa shape index (κ3) is 3.94. The molecule has 152 valence electrons. The Morgan fingerprint density at radius 1 is 1.29 bits per heavy atom. The van der Waals surface area contributed by atoms with Crippen LogP contribution in [-0.2, 0) is 16.1 Å². The SMILES string of the molecule is CCC(=O)N1CCCC(c2[nH]c3ncccc3c2CN2CC(C)OC(C)C2)C1. The molecule has 0 aromatic carbocycles. The van der Waals surface area contributed by atoms with Crippen LogP contribution in [0.25, 0.3) is 11.0 Å². The minimum absolute atomic E-state index is 0.253. The van der Waals surface area contributed by atoms with Gasteiger partial charge in [0.15, 0.2) is 0 Å². The van der Waals surface area contributed by atoms with Crippen LogP contribution in [0.5, 0.6) is 0 Å². The monoisotopic (exact) mass is 384 g/mol. The van der Waals surface area contributed by atoms with Crippen LogP contribution in [0.3, 0.4) is 0 Å². The minimum atomic E-state index is 0.253. The number of pyridine rings is 1. The highest BCUT2D eigenvalue weighted by atomic mass is 16.5. The van der Waals surface area contributed by atoms with Crippen LogP contribution in [0.2, 0.25) is 0 Å². The van der Waals surface area contributed by atoms with E-state index in [4.69, 9.17) is 4.74 Å². The van der Waals surface area contributed by atoms with Crippen LogP contribution in [0, 0.1) is 0 Å². The average molecular weight is 385 g/mol. The lowest BCUT2D eigenvalue weighted by Gasteiger charge is -2.36. The van der Waals surface area contributed by atoms with Gasteiger partial charge in [0.25, 0.3) is 0 Å². The van der Waals surface area contributed by atoms with Gasteiger partial charge in [-0.2, -0.15) is 0 Å². The highest BCUT2D eigenvalue weighted by molar-refractivity contribution is 5.81. The van der Waals surface area contributed by atoms with Gasteiger partial charge in [0, 0.05) is 62.3 Å². The number of fused-ring (bicyclic) bond motifs is 1. The molecule has 28 heavy (non-hydrogen) atoms. The van der Waals surface area contributed by atoms with Gasteiger partial charge in [-0.1, -0.05) is 6.92 Å². The molecule has 4 rings (SSSR count). The van der Waals surface area contributed by atoms with Crippen LogP contribution in [-0.4, -0.2) is 64.1 Å². The summed E-state index contributed by atoms with van der Waals surface area (Å²) in [6, 6.07) is 4.19. The van der Waals surface area contributed by atoms with Crippen LogP contribution in [0.4, 0.5) is 0 Å². The first kappa shape index (κ1) is 19.4. The van der Waals surface area contributed by atoms with Crippen LogP contribution < -0.4 is 0 Å². The number of nitrogens with one attached hydrogen (secondary N) is 1. The van der Waals surface area contributed by atoms with E-state index >= 15 is 0 Å². The van der Waals surface area contributed by atoms with E-state index in [1.165, 1.54) is 16.6 Å². The number of carbonyl (C=O) groups excluding carboxylic acids is 1. The van der Waals surface area contributed by atoms with Gasteiger partial charge < -0.3 is 14.6 Å². The second-order valence-corrected chi connectivity index (χ2v) is 8.40. The number of rotatable bonds is 4. The highest BCUT2D eigenvalue weighted by Gasteiger charge is 2.30. The van der Waals surface area contributed by atoms with E-state index in [0.29, 0.717) is 12.3 Å². The molecule has 1 N–H and O–H groups in total. The van der Waals surface area contributed by atoms with Crippen LogP contribution in [0.1, 0.15) is 57.2 Å². The molecule has 2 aliphatic heterocycles. The van der Waals surface area contributed by atoms with Gasteiger partial charge in [0.1, 0.15) is 5.65 Å². The quantitative estimate of drug-likeness (QED) is 0.879. The molecule has 6 nitrogen and oxygen atoms in total. The molecular formula is C22H32N4O2. The van der Waals surface area contributed by atoms with E-state index in [2.05, 4.69) is 34.8 Å². The molecule has 6 heteroatoms. The predicted octanol–water partition coefficient (Wildman–Crippen LogP) is 3.29. The molecule has 3 atom stereocenters. The Labute approximate surface area is 167 Å². The van der Waals surface area contributed by atoms with Crippen molar-refractivity contribution in [3.05, 3.63) is 29.6 Å². The van der Waals surface area contributed by atoms with Gasteiger partial charge in [0.05, 0.1) is 12.2 Å². The Hall–Kier alpha value is -1.92. The molecule has 0 aliphatic carbocycles. The largest absolute Gasteiger partial charge is 0.373 e. The number of likely N-dealkylation sites (tertiary alicyclic amines) is 1. The number of hydrogen-bond donors (Lipinski definition) is 1. The molecule has 0 bridgehead atoms. The Balaban J connectivity index is 1.64. The van der Waals surface area contributed by atoms with E-state index in [1.54, 1.807) is 0 Å². The molecule has 2 saturated heterocycles. The second kappa shape index (κ2) is 8.21. The number of ether oxygens (including phenoxy) is 1. The average Bonchev–Trinajstić information content (AvgIpc) is 3.05. The number of H-pyrrole nitrogens is 1. The number of nitrogens with zero attached hydrogens (tertiary/aromatic N) is 3. The van der Waals surface area contributed by atoms with E-state index in [-0.39, 0.29) is 18.1 Å². The van der Waals surface area contributed by atoms with Crippen molar-refractivity contribution >= 4 is 16.9 Å². The Kier molecular flexibility index (Phi) is 5.69. The maximum Gasteiger partial charge on any atom is 0.222 e. The first-order valence-corrected chi connectivity index (χ1v) is 10.7. The van der Waals surface area contributed by atoms with Crippen molar-refractivity contribution in [3.8, 4) is 0 Å². The van der Waals surface area contributed by atoms with Crippen molar-refractivity contribution in [3.63, 3.8) is 0 Å². The predicted molar refractivity (Wildman–Crippen MR) is 110 cm³/mol. The van der Waals surface area contributed by atoms with Gasteiger partial charge in [-0.05, 0) is 44.4 Å². The summed E-state index contributed by atoms with van der Waals surface area (Å²) >= 11 is 0. The van der Waals surface area contributed by atoms with Crippen molar-refractivity contribution < 1.29 is 9.53 Å². The van der Waals surface area contributed by atoms with E-state index in [1.807, 2.05) is 24.1 Å². The fraction of sp³-hybridized carbons (Fsp3) is 0.636. The lowest BCUT2D eigenvalue weighted by molar-refractivity contribution is -0.132. The third-order valence-electron chi connectivity index (χ3n) is 6.07. The lowest BCUT2D eigenvalue weighted by atomic mass is 9.91. The molecule has 4 heterocycles. The van der Waals surface area contributed by atoms with Crippen molar-refractivity contribution in [2.24, 2.45) is 0 Å². The van der Waals surface area contributed by atoms with Crippen molar-refractivity contribution in [1.82, 2.24) is 19.8 Å². The maximum absolute atomic E-state index is 12.3. The standard InChI is InChI=1S/C22H32N4O2/c1-4-20(27)26-10-6-7-17(13-26)21-19(18-8-5-9-23-22(18)24-21)14-25-11-15(2)28-16(3)12-25/h5,8-9,15-17H,4,6-7,10-14H2,1-3H3,(H,23,24). The van der Waals surface area contributed by atoms with Crippen molar-refractivity contribution in [1.29, 1.82) is 0 Å². The summed E-state index contributed by atoms with van der Waals surface area (Å²) in [5.74, 6) is 0.612. The molecule has 0 saturated carbocycles. The number of aromatic nitrogens is 2. The molecule has 1 amide bonds. The van der Waals surface area contributed by atoms with Gasteiger partial charge in [-0.3, -0.25) is 9.69 Å². The number of piperidine rings is 1. The summed E-state index contributed by atoms with van der Waals surface area (Å²) in [6.45, 7) is 10.7. The lowest BCUT2D eigenvalue weighted by Crippen LogP contribution is -2.45. The molecule has 2 aliphatic rings. The van der Waals surface area contributed by atoms with E-state index < -0.39 is 0 Å². The van der Waals surface area contributed by atoms with Crippen molar-refractivity contribution in [2.75, 3.05) is 26.2 Å². The summed E-state index contributed by atoms with van der Waals surface area (Å²) in [5, 5.41) is 1.21. The Morgan fingerprint density at radius 2 is 2.07 bits per heavy atom. The molecule has 2 aromatic rings. The molecule has 0 spiro atoms. The smallest absolute Gasteiger partial charge is 0.222 e. The third-order valence-corrected chi connectivity index (χ3v) is 6.07. The Bertz CT molecular complexity index is 823. The molecule has 3 unspecified atom stereocenters. The van der Waals surface area contributed by atoms with Gasteiger partial charge in [-0.25, -0.2) is 4.98 Å². The summed E-state index contributed by atoms with van der Waals surface area (Å²) in [5.41, 5.74) is 3.58. The minimum Gasteiger partial charge on any atom is -0.373 e. The number of hydrogen-bond acceptors (Lipinski definition) is 4. The van der Waals surface area contributed by atoms with Gasteiger partial charge >= 0.3 is 0 Å². The topological polar surface area (TPSA) is 61.5 Å². The summed E-state index contributed by atoms with van der Waals surface area (Å²) in [6.07, 6.45) is 5.11. The van der Waals surface area contributed by atoms with E-state index in [9.17, 15) is 4.79 Å². The van der Waals surface area contributed by atoms with Gasteiger partial charge in [-0.15, -0.1) is 0 Å². The number of amides is 1. The fourth-order valence-electron chi connectivity index (χ4n) is 4.92. The van der Waals surface area contributed by atoms with Crippen LogP contribution >= 0.6 is 0 Å². The first-order chi connectivity index (χ1) is 13.5. The van der Waals surface area contributed by atoms with Crippen molar-refractivity contribution in [2.45, 2.75) is 64.7 Å². The Morgan fingerprint density at radius 3 is 2.82 bits per heavy atom. The first-order valence-electron chi connectivity index (χ1n) is 10.7. The summed E-state index contributed by atoms with van der Waals surface area (Å²) in [4.78, 5) is 25.0. The zero-order valence-corrected chi connectivity index (χ0v) is 17.3. The molecule has 0 radical (unpaired) electrons. The van der Waals surface area contributed by atoms with Crippen LogP contribution in [0.15, 0.2) is 18.3 Å². The number of aromatic amines is 1. The second-order valence-electron chi connectivity index (χ2n) is 8.40. The number of morpholine rings is 1. The molecular weight excluding hydrogens is 352 g/mol. The number of carbonyl (C=O) groups is 1. The molecule has 2 aromatic heterocycles. The van der Waals surface area contributed by atoms with E-state index in [0.717, 1.165) is 51.2 Å². The zero-order chi connectivity index (χ0) is 19.7. The summed E-state index contributed by atoms with van der Waals surface area (Å²) in [7, 11) is 0. The molecule has 2 fully saturated rings. The normalized spacial score (nSPS) is 26.7.